The van der Waals surface area contributed by atoms with E-state index in [1.165, 1.54) is 11.1 Å². The number of aromatic nitrogens is 2. The van der Waals surface area contributed by atoms with E-state index in [0.29, 0.717) is 0 Å². The fraction of sp³-hybridized carbons (Fsp3) is 0.188. The summed E-state index contributed by atoms with van der Waals surface area (Å²) in [7, 11) is 0. The number of hydrogen-bond acceptors (Lipinski definition) is 3. The van der Waals surface area contributed by atoms with Crippen LogP contribution in [0.5, 0.6) is 0 Å². The molecule has 0 aliphatic rings. The predicted octanol–water partition coefficient (Wildman–Crippen LogP) is 5.44. The average molecular weight is 343 g/mol. The van der Waals surface area contributed by atoms with Crippen molar-refractivity contribution in [1.29, 1.82) is 0 Å². The van der Waals surface area contributed by atoms with Gasteiger partial charge in [-0.1, -0.05) is 22.0 Å². The second-order valence-corrected chi connectivity index (χ2v) is 5.94. The zero-order valence-electron chi connectivity index (χ0n) is 12.1. The third-order valence-electron chi connectivity index (χ3n) is 3.34. The number of fused-ring (bicyclic) bond motifs is 1. The van der Waals surface area contributed by atoms with Crippen molar-refractivity contribution in [2.75, 3.05) is 0 Å². The molecular weight excluding hydrogens is 328 g/mol. The minimum atomic E-state index is 0.765. The van der Waals surface area contributed by atoms with Crippen LogP contribution in [0.25, 0.3) is 5.65 Å². The number of pyridine rings is 1. The topological polar surface area (TPSA) is 42.0 Å². The van der Waals surface area contributed by atoms with Crippen LogP contribution in [0.15, 0.2) is 51.2 Å². The van der Waals surface area contributed by atoms with E-state index in [1.54, 1.807) is 0 Å². The van der Waals surface area contributed by atoms with Gasteiger partial charge in [0.05, 0.1) is 11.4 Å². The van der Waals surface area contributed by atoms with Crippen LogP contribution in [-0.4, -0.2) is 9.38 Å². The molecular formula is C16H15BrN4. The molecule has 2 aromatic heterocycles. The molecule has 0 saturated heterocycles. The standard InChI is InChI=1S/C16H15BrN4/c1-10-6-7-21-15(8-10)18-12(3)16(21)20-19-13-5-4-11(2)14(17)9-13/h4-9H,1-3H3. The van der Waals surface area contributed by atoms with Gasteiger partial charge in [0.2, 0.25) is 0 Å². The molecule has 106 valence electrons. The molecule has 21 heavy (non-hydrogen) atoms. The second-order valence-electron chi connectivity index (χ2n) is 5.09. The first kappa shape index (κ1) is 13.9. The molecule has 1 aromatic carbocycles. The fourth-order valence-corrected chi connectivity index (χ4v) is 2.49. The van der Waals surface area contributed by atoms with Crippen molar-refractivity contribution in [1.82, 2.24) is 9.38 Å². The summed E-state index contributed by atoms with van der Waals surface area (Å²) in [5.41, 5.74) is 4.94. The molecule has 0 radical (unpaired) electrons. The lowest BCUT2D eigenvalue weighted by Gasteiger charge is -1.99. The van der Waals surface area contributed by atoms with E-state index in [2.05, 4.69) is 38.1 Å². The van der Waals surface area contributed by atoms with Crippen LogP contribution in [-0.2, 0) is 0 Å². The van der Waals surface area contributed by atoms with E-state index in [1.807, 2.05) is 54.8 Å². The summed E-state index contributed by atoms with van der Waals surface area (Å²) in [6, 6.07) is 10.0. The van der Waals surface area contributed by atoms with Crippen LogP contribution < -0.4 is 0 Å². The second kappa shape index (κ2) is 5.41. The van der Waals surface area contributed by atoms with Crippen molar-refractivity contribution in [3.8, 4) is 0 Å². The molecule has 0 aliphatic heterocycles. The van der Waals surface area contributed by atoms with Crippen LogP contribution >= 0.6 is 15.9 Å². The first-order valence-corrected chi connectivity index (χ1v) is 7.47. The Morgan fingerprint density at radius 3 is 2.62 bits per heavy atom. The van der Waals surface area contributed by atoms with Crippen molar-refractivity contribution in [3.63, 3.8) is 0 Å². The summed E-state index contributed by atoms with van der Waals surface area (Å²) >= 11 is 3.51. The van der Waals surface area contributed by atoms with Gasteiger partial charge in [-0.3, -0.25) is 4.40 Å². The Hall–Kier alpha value is -2.01. The molecule has 3 rings (SSSR count). The Balaban J connectivity index is 2.02. The Bertz CT molecular complexity index is 849. The van der Waals surface area contributed by atoms with E-state index in [-0.39, 0.29) is 0 Å². The van der Waals surface area contributed by atoms with Crippen LogP contribution in [0, 0.1) is 20.8 Å². The van der Waals surface area contributed by atoms with Gasteiger partial charge in [-0.2, -0.15) is 0 Å². The van der Waals surface area contributed by atoms with Crippen molar-refractivity contribution in [2.24, 2.45) is 10.2 Å². The van der Waals surface area contributed by atoms with Crippen LogP contribution in [0.1, 0.15) is 16.8 Å². The Kier molecular flexibility index (Phi) is 3.59. The summed E-state index contributed by atoms with van der Waals surface area (Å²) in [6.07, 6.45) is 1.98. The zero-order valence-corrected chi connectivity index (χ0v) is 13.7. The van der Waals surface area contributed by atoms with Crippen LogP contribution in [0.3, 0.4) is 0 Å². The normalized spacial score (nSPS) is 11.6. The smallest absolute Gasteiger partial charge is 0.182 e. The molecule has 0 fully saturated rings. The monoisotopic (exact) mass is 342 g/mol. The van der Waals surface area contributed by atoms with E-state index in [9.17, 15) is 0 Å². The summed E-state index contributed by atoms with van der Waals surface area (Å²) in [6.45, 7) is 6.04. The molecule has 2 heterocycles. The molecule has 0 aliphatic carbocycles. The van der Waals surface area contributed by atoms with Crippen molar-refractivity contribution >= 4 is 33.1 Å². The number of imidazole rings is 1. The Morgan fingerprint density at radius 1 is 1.05 bits per heavy atom. The molecule has 0 amide bonds. The third-order valence-corrected chi connectivity index (χ3v) is 4.19. The molecule has 0 saturated carbocycles. The highest BCUT2D eigenvalue weighted by Crippen LogP contribution is 2.26. The lowest BCUT2D eigenvalue weighted by Crippen LogP contribution is -1.84. The minimum absolute atomic E-state index is 0.765. The highest BCUT2D eigenvalue weighted by molar-refractivity contribution is 9.10. The summed E-state index contributed by atoms with van der Waals surface area (Å²) in [4.78, 5) is 4.52. The molecule has 0 bridgehead atoms. The number of hydrogen-bond donors (Lipinski definition) is 0. The van der Waals surface area contributed by atoms with Gasteiger partial charge in [0.1, 0.15) is 5.65 Å². The minimum Gasteiger partial charge on any atom is -0.283 e. The van der Waals surface area contributed by atoms with E-state index in [0.717, 1.165) is 27.3 Å². The van der Waals surface area contributed by atoms with Gasteiger partial charge < -0.3 is 0 Å². The van der Waals surface area contributed by atoms with Gasteiger partial charge >= 0.3 is 0 Å². The Morgan fingerprint density at radius 2 is 1.86 bits per heavy atom. The SMILES string of the molecule is Cc1ccn2c(N=Nc3ccc(C)c(Br)c3)c(C)nc2c1. The highest BCUT2D eigenvalue weighted by atomic mass is 79.9. The zero-order chi connectivity index (χ0) is 15.0. The lowest BCUT2D eigenvalue weighted by molar-refractivity contribution is 1.09. The number of rotatable bonds is 2. The molecule has 4 nitrogen and oxygen atoms in total. The number of azo groups is 1. The molecule has 0 N–H and O–H groups in total. The maximum atomic E-state index is 4.52. The fourth-order valence-electron chi connectivity index (χ4n) is 2.12. The quantitative estimate of drug-likeness (QED) is 0.572. The number of aryl methyl sites for hydroxylation is 3. The maximum absolute atomic E-state index is 4.52. The average Bonchev–Trinajstić information content (AvgIpc) is 2.75. The van der Waals surface area contributed by atoms with Crippen molar-refractivity contribution in [3.05, 3.63) is 57.8 Å². The van der Waals surface area contributed by atoms with Crippen molar-refractivity contribution in [2.45, 2.75) is 20.8 Å². The number of benzene rings is 1. The summed E-state index contributed by atoms with van der Waals surface area (Å²) < 4.78 is 2.99. The highest BCUT2D eigenvalue weighted by Gasteiger charge is 2.07. The van der Waals surface area contributed by atoms with Crippen LogP contribution in [0.2, 0.25) is 0 Å². The van der Waals surface area contributed by atoms with Gasteiger partial charge in [0.15, 0.2) is 5.82 Å². The van der Waals surface area contributed by atoms with E-state index in [4.69, 9.17) is 0 Å². The van der Waals surface area contributed by atoms with Gasteiger partial charge in [-0.25, -0.2) is 4.98 Å². The predicted molar refractivity (Wildman–Crippen MR) is 87.7 cm³/mol. The number of nitrogens with zero attached hydrogens (tertiary/aromatic N) is 4. The van der Waals surface area contributed by atoms with Gasteiger partial charge in [-0.05, 0) is 56.2 Å². The lowest BCUT2D eigenvalue weighted by atomic mass is 10.2. The largest absolute Gasteiger partial charge is 0.283 e. The van der Waals surface area contributed by atoms with Gasteiger partial charge in [-0.15, -0.1) is 10.2 Å². The molecule has 5 heteroatoms. The van der Waals surface area contributed by atoms with Crippen LogP contribution in [0.4, 0.5) is 11.5 Å². The van der Waals surface area contributed by atoms with E-state index < -0.39 is 0 Å². The van der Waals surface area contributed by atoms with Gasteiger partial charge in [0, 0.05) is 10.7 Å². The molecule has 0 atom stereocenters. The Labute approximate surface area is 131 Å². The first-order valence-electron chi connectivity index (χ1n) is 6.68. The summed E-state index contributed by atoms with van der Waals surface area (Å²) in [5.74, 6) is 0.765. The van der Waals surface area contributed by atoms with Crippen molar-refractivity contribution < 1.29 is 0 Å². The molecule has 0 unspecified atom stereocenters. The molecule has 0 spiro atoms. The van der Waals surface area contributed by atoms with E-state index >= 15 is 0 Å². The first-order chi connectivity index (χ1) is 10.0. The number of halogens is 1. The summed E-state index contributed by atoms with van der Waals surface area (Å²) in [5, 5.41) is 8.69. The third kappa shape index (κ3) is 2.74. The maximum Gasteiger partial charge on any atom is 0.182 e. The molecule has 3 aromatic rings. The van der Waals surface area contributed by atoms with Gasteiger partial charge in [0.25, 0.3) is 0 Å².